The third kappa shape index (κ3) is 4.53. The first-order valence-corrected chi connectivity index (χ1v) is 5.75. The van der Waals surface area contributed by atoms with Gasteiger partial charge >= 0.3 is 6.18 Å². The number of carbonyl (C=O) groups excluding carboxylic acids is 1. The van der Waals surface area contributed by atoms with Crippen LogP contribution in [0.25, 0.3) is 0 Å². The van der Waals surface area contributed by atoms with Crippen LogP contribution >= 0.6 is 0 Å². The summed E-state index contributed by atoms with van der Waals surface area (Å²) in [6.07, 6.45) is -3.11. The molecule has 2 N–H and O–H groups in total. The predicted molar refractivity (Wildman–Crippen MR) is 56.3 cm³/mol. The normalized spacial score (nSPS) is 30.1. The second-order valence-electron chi connectivity index (χ2n) is 4.98. The number of carbonyl (C=O) groups is 1. The third-order valence-corrected chi connectivity index (χ3v) is 3.16. The maximum absolute atomic E-state index is 12.0. The lowest BCUT2D eigenvalue weighted by atomic mass is 9.77. The Morgan fingerprint density at radius 1 is 1.53 bits per heavy atom. The zero-order valence-electron chi connectivity index (χ0n) is 9.81. The highest BCUT2D eigenvalue weighted by molar-refractivity contribution is 5.77. The van der Waals surface area contributed by atoms with Crippen molar-refractivity contribution in [3.8, 4) is 0 Å². The molecule has 1 amide bonds. The summed E-state index contributed by atoms with van der Waals surface area (Å²) in [4.78, 5) is 11.3. The number of hydrogen-bond acceptors (Lipinski definition) is 2. The molecule has 0 saturated heterocycles. The van der Waals surface area contributed by atoms with Gasteiger partial charge in [0.25, 0.3) is 0 Å². The summed E-state index contributed by atoms with van der Waals surface area (Å²) in [6.45, 7) is 1.67. The van der Waals surface area contributed by atoms with Crippen LogP contribution in [-0.4, -0.2) is 29.3 Å². The molecule has 0 aromatic carbocycles. The minimum atomic E-state index is -4.50. The molecule has 1 aliphatic carbocycles. The van der Waals surface area contributed by atoms with Gasteiger partial charge in [-0.15, -0.1) is 0 Å². The van der Waals surface area contributed by atoms with E-state index >= 15 is 0 Å². The van der Waals surface area contributed by atoms with E-state index in [1.54, 1.807) is 0 Å². The molecule has 100 valence electrons. The Hall–Kier alpha value is -0.780. The molecule has 1 fully saturated rings. The summed E-state index contributed by atoms with van der Waals surface area (Å²) in [5, 5.41) is 11.7. The molecule has 17 heavy (non-hydrogen) atoms. The summed E-state index contributed by atoms with van der Waals surface area (Å²) < 4.78 is 36.1. The lowest BCUT2D eigenvalue weighted by molar-refractivity contribution is -0.155. The molecular formula is C11H18F3NO2. The molecule has 0 aromatic rings. The van der Waals surface area contributed by atoms with E-state index in [9.17, 15) is 23.1 Å². The van der Waals surface area contributed by atoms with Crippen molar-refractivity contribution < 1.29 is 23.1 Å². The molecular weight excluding hydrogens is 235 g/mol. The third-order valence-electron chi connectivity index (χ3n) is 3.16. The molecule has 2 unspecified atom stereocenters. The molecule has 0 spiro atoms. The van der Waals surface area contributed by atoms with Crippen LogP contribution in [-0.2, 0) is 4.79 Å². The zero-order valence-corrected chi connectivity index (χ0v) is 9.81. The van der Waals surface area contributed by atoms with Gasteiger partial charge in [-0.25, -0.2) is 0 Å². The van der Waals surface area contributed by atoms with Gasteiger partial charge in [-0.05, 0) is 18.8 Å². The van der Waals surface area contributed by atoms with E-state index in [1.807, 2.05) is 6.92 Å². The first-order valence-electron chi connectivity index (χ1n) is 5.75. The predicted octanol–water partition coefficient (Wildman–Crippen LogP) is 2.00. The van der Waals surface area contributed by atoms with Gasteiger partial charge in [-0.2, -0.15) is 13.2 Å². The average Bonchev–Trinajstić information content (AvgIpc) is 2.14. The van der Waals surface area contributed by atoms with Crippen molar-refractivity contribution in [1.82, 2.24) is 5.32 Å². The molecule has 2 atom stereocenters. The summed E-state index contributed by atoms with van der Waals surface area (Å²) >= 11 is 0. The van der Waals surface area contributed by atoms with Crippen molar-refractivity contribution in [1.29, 1.82) is 0 Å². The number of halogens is 3. The van der Waals surface area contributed by atoms with Gasteiger partial charge in [0, 0.05) is 0 Å². The Kier molecular flexibility index (Phi) is 4.41. The van der Waals surface area contributed by atoms with E-state index in [2.05, 4.69) is 5.32 Å². The van der Waals surface area contributed by atoms with Crippen LogP contribution in [0, 0.1) is 5.92 Å². The Balaban J connectivity index is 2.59. The fraction of sp³-hybridized carbons (Fsp3) is 0.909. The fourth-order valence-electron chi connectivity index (χ4n) is 2.48. The molecule has 6 heteroatoms. The average molecular weight is 253 g/mol. The van der Waals surface area contributed by atoms with Crippen molar-refractivity contribution in [2.45, 2.75) is 50.7 Å². The van der Waals surface area contributed by atoms with Gasteiger partial charge in [0.15, 0.2) is 0 Å². The maximum atomic E-state index is 12.0. The number of rotatable bonds is 3. The smallest absolute Gasteiger partial charge is 0.394 e. The van der Waals surface area contributed by atoms with Crippen LogP contribution in [0.5, 0.6) is 0 Å². The maximum Gasteiger partial charge on any atom is 0.397 e. The minimum Gasteiger partial charge on any atom is -0.394 e. The number of hydrogen-bond donors (Lipinski definition) is 2. The van der Waals surface area contributed by atoms with Crippen molar-refractivity contribution in [3.63, 3.8) is 0 Å². The van der Waals surface area contributed by atoms with Gasteiger partial charge in [0.2, 0.25) is 5.91 Å². The lowest BCUT2D eigenvalue weighted by Crippen LogP contribution is -2.54. The molecule has 0 bridgehead atoms. The quantitative estimate of drug-likeness (QED) is 0.808. The van der Waals surface area contributed by atoms with E-state index in [0.29, 0.717) is 18.8 Å². The second kappa shape index (κ2) is 5.25. The second-order valence-corrected chi connectivity index (χ2v) is 4.98. The van der Waals surface area contributed by atoms with Crippen LogP contribution in [0.1, 0.15) is 39.0 Å². The monoisotopic (exact) mass is 253 g/mol. The highest BCUT2D eigenvalue weighted by Gasteiger charge is 2.38. The summed E-state index contributed by atoms with van der Waals surface area (Å²) in [6, 6.07) is 0. The van der Waals surface area contributed by atoms with Crippen LogP contribution in [0.2, 0.25) is 0 Å². The minimum absolute atomic E-state index is 0.305. The van der Waals surface area contributed by atoms with Gasteiger partial charge in [0.05, 0.1) is 12.1 Å². The number of amides is 1. The van der Waals surface area contributed by atoms with Gasteiger partial charge in [-0.1, -0.05) is 19.8 Å². The number of alkyl halides is 3. The molecule has 1 aliphatic rings. The number of nitrogens with one attached hydrogen (secondary N) is 1. The van der Waals surface area contributed by atoms with Crippen LogP contribution in [0.4, 0.5) is 13.2 Å². The molecule has 0 aliphatic heterocycles. The first kappa shape index (κ1) is 14.3. The van der Waals surface area contributed by atoms with Crippen LogP contribution in [0.3, 0.4) is 0 Å². The standard InChI is InChI=1S/C11H18F3NO2/c1-8-3-2-4-10(5-8,7-16)15-9(17)6-11(12,13)14/h8,16H,2-7H2,1H3,(H,15,17). The van der Waals surface area contributed by atoms with Crippen molar-refractivity contribution in [2.75, 3.05) is 6.61 Å². The van der Waals surface area contributed by atoms with E-state index in [4.69, 9.17) is 0 Å². The lowest BCUT2D eigenvalue weighted by Gasteiger charge is -2.39. The molecule has 0 aromatic heterocycles. The Morgan fingerprint density at radius 3 is 2.65 bits per heavy atom. The Labute approximate surface area is 98.4 Å². The largest absolute Gasteiger partial charge is 0.397 e. The summed E-state index contributed by atoms with van der Waals surface area (Å²) in [5.41, 5.74) is -0.861. The zero-order chi connectivity index (χ0) is 13.1. The fourth-order valence-corrected chi connectivity index (χ4v) is 2.48. The van der Waals surface area contributed by atoms with Gasteiger partial charge < -0.3 is 10.4 Å². The molecule has 1 rings (SSSR count). The van der Waals surface area contributed by atoms with Crippen molar-refractivity contribution >= 4 is 5.91 Å². The van der Waals surface area contributed by atoms with E-state index in [1.165, 1.54) is 0 Å². The number of aliphatic hydroxyl groups excluding tert-OH is 1. The summed E-state index contributed by atoms with van der Waals surface area (Å²) in [7, 11) is 0. The van der Waals surface area contributed by atoms with Crippen molar-refractivity contribution in [2.24, 2.45) is 5.92 Å². The Morgan fingerprint density at radius 2 is 2.18 bits per heavy atom. The molecule has 3 nitrogen and oxygen atoms in total. The number of aliphatic hydroxyl groups is 1. The molecule has 0 radical (unpaired) electrons. The van der Waals surface area contributed by atoms with Crippen LogP contribution in [0.15, 0.2) is 0 Å². The van der Waals surface area contributed by atoms with Crippen molar-refractivity contribution in [3.05, 3.63) is 0 Å². The molecule has 0 heterocycles. The van der Waals surface area contributed by atoms with E-state index in [-0.39, 0.29) is 6.61 Å². The Bertz CT molecular complexity index is 280. The highest BCUT2D eigenvalue weighted by Crippen LogP contribution is 2.32. The SMILES string of the molecule is CC1CCCC(CO)(NC(=O)CC(F)(F)F)C1. The first-order chi connectivity index (χ1) is 7.76. The van der Waals surface area contributed by atoms with E-state index in [0.717, 1.165) is 12.8 Å². The van der Waals surface area contributed by atoms with Gasteiger partial charge in [0.1, 0.15) is 6.42 Å². The topological polar surface area (TPSA) is 49.3 Å². The van der Waals surface area contributed by atoms with Crippen LogP contribution < -0.4 is 5.32 Å². The van der Waals surface area contributed by atoms with Gasteiger partial charge in [-0.3, -0.25) is 4.79 Å². The van der Waals surface area contributed by atoms with E-state index < -0.39 is 24.0 Å². The highest BCUT2D eigenvalue weighted by atomic mass is 19.4. The summed E-state index contributed by atoms with van der Waals surface area (Å²) in [5.74, 6) is -0.747. The molecule has 1 saturated carbocycles.